The number of aromatic nitrogens is 2. The van der Waals surface area contributed by atoms with Crippen LogP contribution < -0.4 is 0 Å². The summed E-state index contributed by atoms with van der Waals surface area (Å²) in [4.78, 5) is 34.6. The summed E-state index contributed by atoms with van der Waals surface area (Å²) in [6.07, 6.45) is 2.37. The molecule has 0 spiro atoms. The summed E-state index contributed by atoms with van der Waals surface area (Å²) < 4.78 is 21.3. The normalized spacial score (nSPS) is 20.7. The monoisotopic (exact) mass is 478 g/mol. The quantitative estimate of drug-likeness (QED) is 0.333. The predicted molar refractivity (Wildman–Crippen MR) is 127 cm³/mol. The highest BCUT2D eigenvalue weighted by molar-refractivity contribution is 6.46. The van der Waals surface area contributed by atoms with Crippen LogP contribution in [0, 0.1) is 12.7 Å². The molecule has 5 rings (SSSR count). The number of fused-ring (bicyclic) bond motifs is 1. The first-order chi connectivity index (χ1) is 17.0. The molecule has 1 aromatic carbocycles. The second-order valence-electron chi connectivity index (χ2n) is 8.83. The number of morpholine rings is 1. The number of carbonyl (C=O) groups is 2. The number of aryl methyl sites for hydroxylation is 1. The van der Waals surface area contributed by atoms with Crippen molar-refractivity contribution < 1.29 is 23.8 Å². The number of amides is 1. The topological polar surface area (TPSA) is 87.4 Å². The number of carbonyl (C=O) groups excluding carboxylic acids is 2. The molecular weight excluding hydrogens is 451 g/mol. The molecule has 182 valence electrons. The van der Waals surface area contributed by atoms with Crippen LogP contribution in [-0.4, -0.2) is 75.4 Å². The Hall–Kier alpha value is -3.56. The Morgan fingerprint density at radius 3 is 2.71 bits per heavy atom. The fraction of sp³-hybridized carbons (Fsp3) is 0.346. The summed E-state index contributed by atoms with van der Waals surface area (Å²) in [7, 11) is 0. The van der Waals surface area contributed by atoms with Gasteiger partial charge in [-0.2, -0.15) is 0 Å². The Balaban J connectivity index is 1.55. The van der Waals surface area contributed by atoms with Gasteiger partial charge in [-0.1, -0.05) is 18.2 Å². The van der Waals surface area contributed by atoms with E-state index in [0.717, 1.165) is 19.6 Å². The second kappa shape index (κ2) is 9.59. The van der Waals surface area contributed by atoms with E-state index in [1.807, 2.05) is 6.07 Å². The van der Waals surface area contributed by atoms with Crippen molar-refractivity contribution in [3.63, 3.8) is 0 Å². The average molecular weight is 479 g/mol. The number of halogens is 1. The van der Waals surface area contributed by atoms with Gasteiger partial charge in [0.2, 0.25) is 0 Å². The van der Waals surface area contributed by atoms with Crippen LogP contribution in [0.25, 0.3) is 11.4 Å². The van der Waals surface area contributed by atoms with Gasteiger partial charge in [-0.05, 0) is 43.2 Å². The third-order valence-corrected chi connectivity index (χ3v) is 6.61. The summed E-state index contributed by atoms with van der Waals surface area (Å²) in [6.45, 7) is 5.76. The van der Waals surface area contributed by atoms with Crippen LogP contribution >= 0.6 is 0 Å². The number of hydrogen-bond acceptors (Lipinski definition) is 6. The second-order valence-corrected chi connectivity index (χ2v) is 8.83. The molecule has 0 aliphatic carbocycles. The molecule has 0 radical (unpaired) electrons. The molecule has 1 amide bonds. The first kappa shape index (κ1) is 23.2. The molecular formula is C26H27FN4O4. The van der Waals surface area contributed by atoms with Crippen LogP contribution in [0.15, 0.2) is 54.2 Å². The summed E-state index contributed by atoms with van der Waals surface area (Å²) in [5.74, 6) is -2.28. The van der Waals surface area contributed by atoms with Crippen molar-refractivity contribution in [3.05, 3.63) is 77.0 Å². The standard InChI is InChI=1S/C26H27FN4O4/c1-17-22(30-10-3-2-8-20(30)28-17)24(32)21-23(18-6-4-7-19(27)16-18)31(26(34)25(21)33)11-5-9-29-12-14-35-15-13-29/h2-4,6-8,10,16,23,32H,5,9,11-15H2,1H3/b24-21+/t23-/m1/s1. The molecule has 9 heteroatoms. The first-order valence-corrected chi connectivity index (χ1v) is 11.7. The van der Waals surface area contributed by atoms with Crippen molar-refractivity contribution in [2.75, 3.05) is 39.4 Å². The summed E-state index contributed by atoms with van der Waals surface area (Å²) in [5, 5.41) is 11.4. The van der Waals surface area contributed by atoms with Crippen molar-refractivity contribution >= 4 is 23.1 Å². The van der Waals surface area contributed by atoms with Gasteiger partial charge in [-0.25, -0.2) is 9.37 Å². The molecule has 0 bridgehead atoms. The number of ketones is 1. The van der Waals surface area contributed by atoms with Gasteiger partial charge in [0.25, 0.3) is 11.7 Å². The van der Waals surface area contributed by atoms with Gasteiger partial charge < -0.3 is 14.7 Å². The van der Waals surface area contributed by atoms with E-state index < -0.39 is 23.5 Å². The molecule has 4 heterocycles. The van der Waals surface area contributed by atoms with E-state index in [9.17, 15) is 19.1 Å². The van der Waals surface area contributed by atoms with Crippen LogP contribution in [0.2, 0.25) is 0 Å². The zero-order chi connectivity index (χ0) is 24.5. The van der Waals surface area contributed by atoms with E-state index in [0.29, 0.717) is 48.8 Å². The Bertz CT molecular complexity index is 1310. The lowest BCUT2D eigenvalue weighted by atomic mass is 9.96. The lowest BCUT2D eigenvalue weighted by Crippen LogP contribution is -2.39. The molecule has 2 fully saturated rings. The van der Waals surface area contributed by atoms with Crippen LogP contribution in [0.4, 0.5) is 4.39 Å². The number of aliphatic hydroxyl groups excluding tert-OH is 1. The minimum Gasteiger partial charge on any atom is -0.505 e. The van der Waals surface area contributed by atoms with Gasteiger partial charge >= 0.3 is 0 Å². The molecule has 8 nitrogen and oxygen atoms in total. The molecule has 35 heavy (non-hydrogen) atoms. The third kappa shape index (κ3) is 4.33. The lowest BCUT2D eigenvalue weighted by molar-refractivity contribution is -0.140. The highest BCUT2D eigenvalue weighted by Gasteiger charge is 2.46. The van der Waals surface area contributed by atoms with Gasteiger partial charge in [0.1, 0.15) is 17.2 Å². The SMILES string of the molecule is Cc1nc2ccccn2c1/C(O)=C1\C(=O)C(=O)N(CCCN2CCOCC2)[C@@H]1c1cccc(F)c1. The summed E-state index contributed by atoms with van der Waals surface area (Å²) in [5.41, 5.74) is 1.84. The fourth-order valence-corrected chi connectivity index (χ4v) is 4.95. The van der Waals surface area contributed by atoms with E-state index in [2.05, 4.69) is 9.88 Å². The van der Waals surface area contributed by atoms with Crippen LogP contribution in [0.1, 0.15) is 29.4 Å². The molecule has 2 saturated heterocycles. The largest absolute Gasteiger partial charge is 0.505 e. The van der Waals surface area contributed by atoms with E-state index in [-0.39, 0.29) is 11.3 Å². The smallest absolute Gasteiger partial charge is 0.295 e. The number of likely N-dealkylation sites (tertiary alicyclic amines) is 1. The molecule has 3 aromatic rings. The van der Waals surface area contributed by atoms with E-state index >= 15 is 0 Å². The van der Waals surface area contributed by atoms with Crippen molar-refractivity contribution in [1.82, 2.24) is 19.2 Å². The average Bonchev–Trinajstić information content (AvgIpc) is 3.32. The van der Waals surface area contributed by atoms with Gasteiger partial charge in [-0.3, -0.25) is 18.9 Å². The highest BCUT2D eigenvalue weighted by atomic mass is 19.1. The maximum Gasteiger partial charge on any atom is 0.295 e. The molecule has 2 aliphatic rings. The number of imidazole rings is 1. The summed E-state index contributed by atoms with van der Waals surface area (Å²) in [6, 6.07) is 10.3. The fourth-order valence-electron chi connectivity index (χ4n) is 4.95. The number of benzene rings is 1. The Kier molecular flexibility index (Phi) is 6.36. The molecule has 0 saturated carbocycles. The first-order valence-electron chi connectivity index (χ1n) is 11.7. The Morgan fingerprint density at radius 1 is 1.14 bits per heavy atom. The molecule has 2 aromatic heterocycles. The summed E-state index contributed by atoms with van der Waals surface area (Å²) >= 11 is 0. The molecule has 1 N–H and O–H groups in total. The molecule has 2 aliphatic heterocycles. The van der Waals surface area contributed by atoms with E-state index in [1.54, 1.807) is 35.7 Å². The minimum atomic E-state index is -0.899. The van der Waals surface area contributed by atoms with Crippen LogP contribution in [0.5, 0.6) is 0 Å². The van der Waals surface area contributed by atoms with Crippen molar-refractivity contribution in [2.45, 2.75) is 19.4 Å². The third-order valence-electron chi connectivity index (χ3n) is 6.61. The van der Waals surface area contributed by atoms with Crippen molar-refractivity contribution in [1.29, 1.82) is 0 Å². The zero-order valence-electron chi connectivity index (χ0n) is 19.5. The van der Waals surface area contributed by atoms with Crippen LogP contribution in [0.3, 0.4) is 0 Å². The number of ether oxygens (including phenoxy) is 1. The van der Waals surface area contributed by atoms with Gasteiger partial charge in [-0.15, -0.1) is 0 Å². The molecule has 0 unspecified atom stereocenters. The van der Waals surface area contributed by atoms with Gasteiger partial charge in [0.15, 0.2) is 5.76 Å². The maximum atomic E-state index is 14.2. The predicted octanol–water partition coefficient (Wildman–Crippen LogP) is 2.93. The highest BCUT2D eigenvalue weighted by Crippen LogP contribution is 2.40. The van der Waals surface area contributed by atoms with Gasteiger partial charge in [0.05, 0.1) is 30.5 Å². The number of rotatable bonds is 6. The van der Waals surface area contributed by atoms with Gasteiger partial charge in [0, 0.05) is 32.4 Å². The minimum absolute atomic E-state index is 0.0549. The number of nitrogens with zero attached hydrogens (tertiary/aromatic N) is 4. The van der Waals surface area contributed by atoms with Crippen molar-refractivity contribution in [2.24, 2.45) is 0 Å². The molecule has 1 atom stereocenters. The maximum absolute atomic E-state index is 14.2. The van der Waals surface area contributed by atoms with E-state index in [1.165, 1.54) is 23.1 Å². The zero-order valence-corrected chi connectivity index (χ0v) is 19.5. The van der Waals surface area contributed by atoms with E-state index in [4.69, 9.17) is 4.74 Å². The van der Waals surface area contributed by atoms with Crippen molar-refractivity contribution in [3.8, 4) is 0 Å². The van der Waals surface area contributed by atoms with Crippen LogP contribution in [-0.2, 0) is 14.3 Å². The number of pyridine rings is 1. The number of Topliss-reactive ketones (excluding diaryl/α,β-unsaturated/α-hetero) is 1. The lowest BCUT2D eigenvalue weighted by Gasteiger charge is -2.29. The Morgan fingerprint density at radius 2 is 1.94 bits per heavy atom. The number of aliphatic hydroxyl groups is 1. The Labute approximate surface area is 202 Å². The number of hydrogen-bond donors (Lipinski definition) is 1.